The molecule has 178 valence electrons. The Kier molecular flexibility index (Phi) is 6.61. The van der Waals surface area contributed by atoms with Crippen LogP contribution < -0.4 is 15.5 Å². The van der Waals surface area contributed by atoms with Gasteiger partial charge < -0.3 is 15.1 Å². The summed E-state index contributed by atoms with van der Waals surface area (Å²) >= 11 is 1.69. The largest absolute Gasteiger partial charge is 0.369 e. The summed E-state index contributed by atoms with van der Waals surface area (Å²) in [4.78, 5) is 31.1. The van der Waals surface area contributed by atoms with E-state index in [0.29, 0.717) is 16.7 Å². The van der Waals surface area contributed by atoms with Gasteiger partial charge in [-0.05, 0) is 73.0 Å². The third kappa shape index (κ3) is 4.97. The summed E-state index contributed by atoms with van der Waals surface area (Å²) in [5, 5.41) is 5.70. The zero-order chi connectivity index (χ0) is 24.4. The number of anilines is 2. The second kappa shape index (κ2) is 9.98. The van der Waals surface area contributed by atoms with Crippen LogP contribution in [0.1, 0.15) is 15.9 Å². The molecule has 2 N–H and O–H groups in total. The highest BCUT2D eigenvalue weighted by Crippen LogP contribution is 2.31. The lowest BCUT2D eigenvalue weighted by molar-refractivity contribution is -0.114. The van der Waals surface area contributed by atoms with Gasteiger partial charge in [-0.25, -0.2) is 0 Å². The number of nitrogens with one attached hydrogen (secondary N) is 2. The summed E-state index contributed by atoms with van der Waals surface area (Å²) in [5.41, 5.74) is 5.63. The van der Waals surface area contributed by atoms with E-state index in [1.807, 2.05) is 30.5 Å². The standard InChI is InChI=1S/C28H28N4O2S/c1-31-13-15-32(16-14-31)22-8-6-21(7-9-22)29-18-26-25-17-20(19-3-10-23(35-2)11-4-19)5-12-24(25)27(33)30-28(26)34/h3-12,17-18,29H,13-16H2,1-2H3,(H,30,33,34)/b26-18-. The summed E-state index contributed by atoms with van der Waals surface area (Å²) in [5.74, 6) is -0.776. The van der Waals surface area contributed by atoms with Gasteiger partial charge in [0.15, 0.2) is 0 Å². The molecular formula is C28H28N4O2S. The normalized spacial score (nSPS) is 17.3. The van der Waals surface area contributed by atoms with E-state index in [1.165, 1.54) is 10.6 Å². The predicted octanol–water partition coefficient (Wildman–Crippen LogP) is 4.55. The molecule has 6 nitrogen and oxygen atoms in total. The van der Waals surface area contributed by atoms with E-state index in [1.54, 1.807) is 24.0 Å². The smallest absolute Gasteiger partial charge is 0.260 e. The van der Waals surface area contributed by atoms with Crippen LogP contribution in [0.5, 0.6) is 0 Å². The van der Waals surface area contributed by atoms with Crippen LogP contribution in [0.4, 0.5) is 11.4 Å². The third-order valence-corrected chi connectivity index (χ3v) is 7.31. The Labute approximate surface area is 210 Å². The molecular weight excluding hydrogens is 456 g/mol. The maximum atomic E-state index is 12.8. The number of likely N-dealkylation sites (N-methyl/N-ethyl adjacent to an activating group) is 1. The van der Waals surface area contributed by atoms with Crippen molar-refractivity contribution in [2.75, 3.05) is 49.7 Å². The van der Waals surface area contributed by atoms with Gasteiger partial charge in [0.05, 0.1) is 5.57 Å². The van der Waals surface area contributed by atoms with Crippen molar-refractivity contribution in [2.45, 2.75) is 4.90 Å². The Balaban J connectivity index is 1.39. The quantitative estimate of drug-likeness (QED) is 0.315. The number of thioether (sulfide) groups is 1. The molecule has 1 fully saturated rings. The van der Waals surface area contributed by atoms with Crippen molar-refractivity contribution < 1.29 is 9.59 Å². The molecule has 2 heterocycles. The maximum absolute atomic E-state index is 12.8. The first-order chi connectivity index (χ1) is 17.0. The Morgan fingerprint density at radius 1 is 0.829 bits per heavy atom. The minimum atomic E-state index is -0.404. The molecule has 0 radical (unpaired) electrons. The van der Waals surface area contributed by atoms with Crippen molar-refractivity contribution >= 4 is 40.5 Å². The molecule has 2 aliphatic rings. The molecule has 0 bridgehead atoms. The fourth-order valence-corrected chi connectivity index (χ4v) is 4.83. The zero-order valence-corrected chi connectivity index (χ0v) is 20.7. The van der Waals surface area contributed by atoms with Crippen molar-refractivity contribution in [1.29, 1.82) is 0 Å². The Morgan fingerprint density at radius 3 is 2.20 bits per heavy atom. The van der Waals surface area contributed by atoms with E-state index in [0.717, 1.165) is 43.0 Å². The number of carbonyl (C=O) groups excluding carboxylic acids is 2. The number of hydrogen-bond donors (Lipinski definition) is 2. The van der Waals surface area contributed by atoms with Crippen molar-refractivity contribution in [3.8, 4) is 11.1 Å². The van der Waals surface area contributed by atoms with Gasteiger partial charge in [0.1, 0.15) is 0 Å². The van der Waals surface area contributed by atoms with Crippen molar-refractivity contribution in [3.63, 3.8) is 0 Å². The van der Waals surface area contributed by atoms with Gasteiger partial charge in [-0.3, -0.25) is 14.9 Å². The van der Waals surface area contributed by atoms with E-state index in [4.69, 9.17) is 0 Å². The molecule has 35 heavy (non-hydrogen) atoms. The van der Waals surface area contributed by atoms with Crippen LogP contribution in [0, 0.1) is 0 Å². The molecule has 3 aromatic carbocycles. The third-order valence-electron chi connectivity index (χ3n) is 6.57. The molecule has 0 saturated carbocycles. The van der Waals surface area contributed by atoms with Crippen molar-refractivity contribution in [2.24, 2.45) is 0 Å². The topological polar surface area (TPSA) is 64.7 Å². The number of imide groups is 1. The maximum Gasteiger partial charge on any atom is 0.260 e. The molecule has 0 spiro atoms. The zero-order valence-electron chi connectivity index (χ0n) is 19.9. The minimum Gasteiger partial charge on any atom is -0.369 e. The number of hydrogen-bond acceptors (Lipinski definition) is 6. The molecule has 0 atom stereocenters. The molecule has 7 heteroatoms. The second-order valence-corrected chi connectivity index (χ2v) is 9.69. The fraction of sp³-hybridized carbons (Fsp3) is 0.214. The van der Waals surface area contributed by atoms with E-state index >= 15 is 0 Å². The lowest BCUT2D eigenvalue weighted by Crippen LogP contribution is -2.44. The SMILES string of the molecule is CSc1ccc(-c2ccc3c(c2)/C(=C/Nc2ccc(N4CCN(C)CC4)cc2)C(=O)NC3=O)cc1. The van der Waals surface area contributed by atoms with Crippen LogP contribution in [0.2, 0.25) is 0 Å². The van der Waals surface area contributed by atoms with E-state index in [-0.39, 0.29) is 5.91 Å². The van der Waals surface area contributed by atoms with Crippen molar-refractivity contribution in [1.82, 2.24) is 10.2 Å². The summed E-state index contributed by atoms with van der Waals surface area (Å²) in [6, 6.07) is 22.1. The molecule has 2 aliphatic heterocycles. The van der Waals surface area contributed by atoms with Gasteiger partial charge in [-0.2, -0.15) is 0 Å². The highest BCUT2D eigenvalue weighted by molar-refractivity contribution is 7.98. The Morgan fingerprint density at radius 2 is 1.51 bits per heavy atom. The molecule has 3 aromatic rings. The van der Waals surface area contributed by atoms with Crippen molar-refractivity contribution in [3.05, 3.63) is 84.1 Å². The van der Waals surface area contributed by atoms with Crippen LogP contribution in [-0.2, 0) is 4.79 Å². The van der Waals surface area contributed by atoms with E-state index in [9.17, 15) is 9.59 Å². The van der Waals surface area contributed by atoms with E-state index < -0.39 is 5.91 Å². The average molecular weight is 485 g/mol. The number of nitrogens with zero attached hydrogens (tertiary/aromatic N) is 2. The molecule has 1 saturated heterocycles. The first kappa shape index (κ1) is 23.2. The van der Waals surface area contributed by atoms with Crippen LogP contribution in [-0.4, -0.2) is 56.2 Å². The summed E-state index contributed by atoms with van der Waals surface area (Å²) in [6.07, 6.45) is 3.73. The summed E-state index contributed by atoms with van der Waals surface area (Å²) in [6.45, 7) is 4.15. The number of fused-ring (bicyclic) bond motifs is 1. The molecule has 2 amide bonds. The van der Waals surface area contributed by atoms with Gasteiger partial charge in [0.25, 0.3) is 11.8 Å². The van der Waals surface area contributed by atoms with Gasteiger partial charge >= 0.3 is 0 Å². The average Bonchev–Trinajstić information content (AvgIpc) is 2.89. The van der Waals surface area contributed by atoms with E-state index in [2.05, 4.69) is 63.9 Å². The predicted molar refractivity (Wildman–Crippen MR) is 144 cm³/mol. The molecule has 0 unspecified atom stereocenters. The lowest BCUT2D eigenvalue weighted by atomic mass is 9.91. The number of rotatable bonds is 5. The number of amides is 2. The van der Waals surface area contributed by atoms with Crippen LogP contribution in [0.25, 0.3) is 16.7 Å². The highest BCUT2D eigenvalue weighted by atomic mass is 32.2. The summed E-state index contributed by atoms with van der Waals surface area (Å²) in [7, 11) is 2.15. The second-order valence-electron chi connectivity index (χ2n) is 8.81. The van der Waals surface area contributed by atoms with Crippen LogP contribution >= 0.6 is 11.8 Å². The van der Waals surface area contributed by atoms with Crippen LogP contribution in [0.3, 0.4) is 0 Å². The monoisotopic (exact) mass is 484 g/mol. The van der Waals surface area contributed by atoms with Gasteiger partial charge in [-0.15, -0.1) is 11.8 Å². The minimum absolute atomic E-state index is 0.372. The number of piperazine rings is 1. The first-order valence-corrected chi connectivity index (χ1v) is 12.9. The van der Waals surface area contributed by atoms with Crippen LogP contribution in [0.15, 0.2) is 77.8 Å². The number of benzene rings is 3. The fourth-order valence-electron chi connectivity index (χ4n) is 4.42. The van der Waals surface area contributed by atoms with Gasteiger partial charge in [0.2, 0.25) is 0 Å². The molecule has 0 aliphatic carbocycles. The highest BCUT2D eigenvalue weighted by Gasteiger charge is 2.27. The summed E-state index contributed by atoms with van der Waals surface area (Å²) < 4.78 is 0. The first-order valence-electron chi connectivity index (χ1n) is 11.7. The van der Waals surface area contributed by atoms with Gasteiger partial charge in [-0.1, -0.05) is 18.2 Å². The Hall–Kier alpha value is -3.55. The Bertz CT molecular complexity index is 1280. The number of carbonyl (C=O) groups is 2. The molecule has 0 aromatic heterocycles. The van der Waals surface area contributed by atoms with Gasteiger partial charge in [0, 0.05) is 59.8 Å². The molecule has 5 rings (SSSR count). The lowest BCUT2D eigenvalue weighted by Gasteiger charge is -2.34.